The maximum absolute atomic E-state index is 10.7. The topological polar surface area (TPSA) is 55.4 Å². The van der Waals surface area contributed by atoms with Crippen LogP contribution < -0.4 is 5.32 Å². The monoisotopic (exact) mass is 221 g/mol. The van der Waals surface area contributed by atoms with Gasteiger partial charge in [0, 0.05) is 7.97 Å². The third kappa shape index (κ3) is 24.6. The molecule has 0 aromatic carbocycles. The molecule has 94 valence electrons. The van der Waals surface area contributed by atoms with Crippen molar-refractivity contribution in [2.75, 3.05) is 20.2 Å². The Balaban J connectivity index is -0.000000129. The summed E-state index contributed by atoms with van der Waals surface area (Å²) in [5, 5.41) is 2.80. The van der Waals surface area contributed by atoms with Crippen LogP contribution in [0.3, 0.4) is 0 Å². The van der Waals surface area contributed by atoms with E-state index in [9.17, 15) is 9.59 Å². The largest absolute Gasteiger partial charge is 0.458 e. The van der Waals surface area contributed by atoms with Gasteiger partial charge in [-0.25, -0.2) is 0 Å². The fourth-order valence-electron chi connectivity index (χ4n) is 0.481. The van der Waals surface area contributed by atoms with Gasteiger partial charge in [-0.15, -0.1) is 0 Å². The second kappa shape index (κ2) is 18.8. The average molecular weight is 221 g/mol. The van der Waals surface area contributed by atoms with Crippen LogP contribution in [0.15, 0.2) is 0 Å². The Kier molecular flexibility index (Phi) is 24.6. The molecule has 0 aliphatic rings. The fourth-order valence-corrected chi connectivity index (χ4v) is 0.481. The van der Waals surface area contributed by atoms with Gasteiger partial charge in [0.05, 0.1) is 6.42 Å². The van der Waals surface area contributed by atoms with Crippen LogP contribution in [-0.2, 0) is 14.3 Å². The average Bonchev–Trinajstić information content (AvgIpc) is 2.29. The molecule has 4 nitrogen and oxygen atoms in total. The second-order valence-electron chi connectivity index (χ2n) is 2.22. The van der Waals surface area contributed by atoms with Gasteiger partial charge >= 0.3 is 5.97 Å². The van der Waals surface area contributed by atoms with E-state index in [0.717, 1.165) is 0 Å². The summed E-state index contributed by atoms with van der Waals surface area (Å²) in [6.45, 7) is 9.85. The van der Waals surface area contributed by atoms with Crippen LogP contribution >= 0.6 is 0 Å². The minimum atomic E-state index is -0.338. The molecular weight excluding hydrogens is 194 g/mol. The Bertz CT molecular complexity index is 152. The molecule has 0 aliphatic carbocycles. The molecule has 0 heterocycles. The number of Topliss-reactive ketones (excluding diaryl/α,β-unsaturated/α-hetero) is 1. The Morgan fingerprint density at radius 3 is 2.00 bits per heavy atom. The molecule has 0 aliphatic heterocycles. The molecule has 0 atom stereocenters. The van der Waals surface area contributed by atoms with Crippen molar-refractivity contribution in [2.45, 2.75) is 41.0 Å². The number of rotatable bonds is 5. The summed E-state index contributed by atoms with van der Waals surface area (Å²) in [5.41, 5.74) is 0. The maximum atomic E-state index is 10.7. The van der Waals surface area contributed by atoms with Crippen LogP contribution in [-0.4, -0.2) is 32.0 Å². The van der Waals surface area contributed by atoms with Gasteiger partial charge in [-0.3, -0.25) is 9.59 Å². The van der Waals surface area contributed by atoms with Crippen molar-refractivity contribution < 1.29 is 15.8 Å². The molecule has 0 fully saturated rings. The summed E-state index contributed by atoms with van der Waals surface area (Å²) in [6.07, 6.45) is 0.309. The van der Waals surface area contributed by atoms with Crippen molar-refractivity contribution >= 4 is 11.8 Å². The lowest BCUT2D eigenvalue weighted by molar-refractivity contribution is -0.147. The molecule has 0 radical (unpaired) electrons. The van der Waals surface area contributed by atoms with Gasteiger partial charge in [0.1, 0.15) is 6.61 Å². The predicted molar refractivity (Wildman–Crippen MR) is 65.0 cm³/mol. The van der Waals surface area contributed by atoms with Crippen molar-refractivity contribution in [1.29, 1.82) is 0 Å². The molecule has 0 amide bonds. The Morgan fingerprint density at radius 1 is 1.20 bits per heavy atom. The Hall–Kier alpha value is -0.900. The van der Waals surface area contributed by atoms with Crippen molar-refractivity contribution in [3.05, 3.63) is 0 Å². The van der Waals surface area contributed by atoms with Crippen LogP contribution in [0.4, 0.5) is 0 Å². The van der Waals surface area contributed by atoms with E-state index in [2.05, 4.69) is 10.1 Å². The second-order valence-corrected chi connectivity index (χ2v) is 2.22. The minimum absolute atomic E-state index is 0. The minimum Gasteiger partial charge on any atom is -0.458 e. The SMILES string of the molecule is CC.CC.CNCCC(=O)OCC(C)=O.[HH]. The third-order valence-electron chi connectivity index (χ3n) is 1.02. The molecule has 1 N–H and O–H groups in total. The number of ketones is 1. The molecule has 0 rings (SSSR count). The highest BCUT2D eigenvalue weighted by Crippen LogP contribution is 1.84. The summed E-state index contributed by atoms with van der Waals surface area (Å²) in [6, 6.07) is 0. The zero-order valence-electron chi connectivity index (χ0n) is 10.8. The van der Waals surface area contributed by atoms with E-state index in [0.29, 0.717) is 13.0 Å². The predicted octanol–water partition coefficient (Wildman–Crippen LogP) is 2.03. The fraction of sp³-hybridized carbons (Fsp3) is 0.818. The smallest absolute Gasteiger partial charge is 0.307 e. The zero-order valence-corrected chi connectivity index (χ0v) is 10.8. The van der Waals surface area contributed by atoms with Gasteiger partial charge < -0.3 is 10.1 Å². The van der Waals surface area contributed by atoms with Gasteiger partial charge in [-0.2, -0.15) is 0 Å². The van der Waals surface area contributed by atoms with E-state index in [1.807, 2.05) is 27.7 Å². The Labute approximate surface area is 94.9 Å². The number of nitrogens with one attached hydrogen (secondary N) is 1. The first-order chi connectivity index (χ1) is 7.16. The standard InChI is InChI=1S/C7H13NO3.2C2H6.H2/c1-6(9)5-11-7(10)3-4-8-2;2*1-2;/h8H,3-5H2,1-2H3;2*1-2H3;1H. The molecule has 0 unspecified atom stereocenters. The van der Waals surface area contributed by atoms with Crippen molar-refractivity contribution in [3.8, 4) is 0 Å². The molecular formula is C11H27NO3. The molecule has 0 bridgehead atoms. The van der Waals surface area contributed by atoms with Crippen molar-refractivity contribution in [2.24, 2.45) is 0 Å². The number of hydrogen-bond acceptors (Lipinski definition) is 4. The van der Waals surface area contributed by atoms with Crippen molar-refractivity contribution in [1.82, 2.24) is 5.32 Å². The Morgan fingerprint density at radius 2 is 1.67 bits per heavy atom. The quantitative estimate of drug-likeness (QED) is 0.722. The first-order valence-corrected chi connectivity index (χ1v) is 5.46. The van der Waals surface area contributed by atoms with E-state index in [1.54, 1.807) is 7.05 Å². The number of carbonyl (C=O) groups is 2. The normalized spacial score (nSPS) is 7.60. The van der Waals surface area contributed by atoms with Crippen LogP contribution in [0.5, 0.6) is 0 Å². The highest BCUT2D eigenvalue weighted by atomic mass is 16.5. The van der Waals surface area contributed by atoms with Crippen LogP contribution in [0.1, 0.15) is 42.5 Å². The summed E-state index contributed by atoms with van der Waals surface area (Å²) in [5.74, 6) is -0.475. The molecule has 0 spiro atoms. The van der Waals surface area contributed by atoms with Gasteiger partial charge in [-0.05, 0) is 14.0 Å². The molecule has 4 heteroatoms. The highest BCUT2D eigenvalue weighted by molar-refractivity contribution is 5.80. The van der Waals surface area contributed by atoms with Gasteiger partial charge in [-0.1, -0.05) is 27.7 Å². The molecule has 0 aromatic rings. The van der Waals surface area contributed by atoms with Crippen molar-refractivity contribution in [3.63, 3.8) is 0 Å². The van der Waals surface area contributed by atoms with E-state index in [4.69, 9.17) is 0 Å². The lowest BCUT2D eigenvalue weighted by Gasteiger charge is -2.00. The van der Waals surface area contributed by atoms with Crippen LogP contribution in [0.25, 0.3) is 0 Å². The van der Waals surface area contributed by atoms with E-state index >= 15 is 0 Å². The van der Waals surface area contributed by atoms with E-state index in [1.165, 1.54) is 6.92 Å². The van der Waals surface area contributed by atoms with Gasteiger partial charge in [0.2, 0.25) is 0 Å². The summed E-state index contributed by atoms with van der Waals surface area (Å²) in [7, 11) is 1.75. The molecule has 15 heavy (non-hydrogen) atoms. The first kappa shape index (κ1) is 19.6. The lowest BCUT2D eigenvalue weighted by atomic mass is 10.4. The van der Waals surface area contributed by atoms with Gasteiger partial charge in [0.15, 0.2) is 5.78 Å². The third-order valence-corrected chi connectivity index (χ3v) is 1.02. The van der Waals surface area contributed by atoms with Crippen LogP contribution in [0.2, 0.25) is 0 Å². The molecule has 0 aromatic heterocycles. The number of hydrogen-bond donors (Lipinski definition) is 1. The zero-order chi connectivity index (χ0) is 12.7. The summed E-state index contributed by atoms with van der Waals surface area (Å²) >= 11 is 0. The number of carbonyl (C=O) groups excluding carboxylic acids is 2. The number of esters is 1. The highest BCUT2D eigenvalue weighted by Gasteiger charge is 2.02. The van der Waals surface area contributed by atoms with Crippen LogP contribution in [0, 0.1) is 0 Å². The lowest BCUT2D eigenvalue weighted by Crippen LogP contribution is -2.17. The first-order valence-electron chi connectivity index (χ1n) is 5.46. The van der Waals surface area contributed by atoms with E-state index in [-0.39, 0.29) is 19.8 Å². The summed E-state index contributed by atoms with van der Waals surface area (Å²) in [4.78, 5) is 21.0. The maximum Gasteiger partial charge on any atom is 0.307 e. The summed E-state index contributed by atoms with van der Waals surface area (Å²) < 4.78 is 4.58. The molecule has 0 saturated heterocycles. The van der Waals surface area contributed by atoms with E-state index < -0.39 is 0 Å². The molecule has 0 saturated carbocycles. The number of ether oxygens (including phenoxy) is 1. The van der Waals surface area contributed by atoms with Gasteiger partial charge in [0.25, 0.3) is 0 Å².